The van der Waals surface area contributed by atoms with Crippen LogP contribution in [0.3, 0.4) is 0 Å². The van der Waals surface area contributed by atoms with E-state index < -0.39 is 5.97 Å². The molecule has 0 saturated heterocycles. The number of carbonyl (C=O) groups is 1. The van der Waals surface area contributed by atoms with Crippen molar-refractivity contribution in [3.05, 3.63) is 52.0 Å². The van der Waals surface area contributed by atoms with E-state index in [1.807, 2.05) is 0 Å². The Morgan fingerprint density at radius 3 is 2.71 bits per heavy atom. The van der Waals surface area contributed by atoms with Crippen molar-refractivity contribution >= 4 is 21.9 Å². The third-order valence-electron chi connectivity index (χ3n) is 2.42. The number of benzene rings is 1. The second kappa shape index (κ2) is 4.33. The van der Waals surface area contributed by atoms with Crippen LogP contribution in [0.1, 0.15) is 16.1 Å². The molecule has 1 N–H and O–H groups in total. The zero-order valence-corrected chi connectivity index (χ0v) is 10.5. The fourth-order valence-corrected chi connectivity index (χ4v) is 2.11. The average Bonchev–Trinajstić information content (AvgIpc) is 2.60. The lowest BCUT2D eigenvalue weighted by Gasteiger charge is -2.09. The van der Waals surface area contributed by atoms with Crippen molar-refractivity contribution in [3.63, 3.8) is 0 Å². The largest absolute Gasteiger partial charge is 0.477 e. The van der Waals surface area contributed by atoms with Gasteiger partial charge in [0.25, 0.3) is 0 Å². The summed E-state index contributed by atoms with van der Waals surface area (Å²) in [5, 5.41) is 9.07. The summed E-state index contributed by atoms with van der Waals surface area (Å²) >= 11 is 3.23. The molecule has 0 fully saturated rings. The van der Waals surface area contributed by atoms with E-state index in [9.17, 15) is 9.18 Å². The van der Waals surface area contributed by atoms with Crippen molar-refractivity contribution in [2.75, 3.05) is 0 Å². The average molecular weight is 298 g/mol. The van der Waals surface area contributed by atoms with E-state index in [-0.39, 0.29) is 11.5 Å². The van der Waals surface area contributed by atoms with Crippen LogP contribution in [-0.2, 0) is 0 Å². The molecule has 5 heteroatoms. The Labute approximate surface area is 106 Å². The summed E-state index contributed by atoms with van der Waals surface area (Å²) in [6.45, 7) is 1.73. The number of aromatic carboxylic acids is 1. The van der Waals surface area contributed by atoms with E-state index in [0.717, 1.165) is 0 Å². The van der Waals surface area contributed by atoms with Crippen LogP contribution in [0.5, 0.6) is 0 Å². The predicted molar refractivity (Wildman–Crippen MR) is 65.1 cm³/mol. The Kier molecular flexibility index (Phi) is 3.02. The molecule has 0 atom stereocenters. The molecule has 88 valence electrons. The predicted octanol–water partition coefficient (Wildman–Crippen LogP) is 3.39. The summed E-state index contributed by atoms with van der Waals surface area (Å²) in [4.78, 5) is 11.1. The highest BCUT2D eigenvalue weighted by atomic mass is 79.9. The van der Waals surface area contributed by atoms with Gasteiger partial charge in [-0.15, -0.1) is 0 Å². The molecule has 2 rings (SSSR count). The fraction of sp³-hybridized carbons (Fsp3) is 0.0833. The number of nitrogens with zero attached hydrogens (tertiary/aromatic N) is 1. The second-order valence-electron chi connectivity index (χ2n) is 3.65. The molecule has 17 heavy (non-hydrogen) atoms. The highest BCUT2D eigenvalue weighted by Crippen LogP contribution is 2.22. The van der Waals surface area contributed by atoms with Gasteiger partial charge in [0.1, 0.15) is 11.5 Å². The number of carboxylic acids is 1. The minimum absolute atomic E-state index is 0.131. The minimum atomic E-state index is -1.03. The van der Waals surface area contributed by atoms with Crippen LogP contribution in [0.2, 0.25) is 0 Å². The number of rotatable bonds is 2. The first kappa shape index (κ1) is 11.9. The molecule has 0 aliphatic rings. The number of hydrogen-bond donors (Lipinski definition) is 1. The van der Waals surface area contributed by atoms with E-state index in [0.29, 0.717) is 15.7 Å². The SMILES string of the molecule is Cc1cc(F)ccc1-n1cc(Br)cc1C(=O)O. The molecule has 0 aliphatic carbocycles. The standard InChI is InChI=1S/C12H9BrFNO2/c1-7-4-9(14)2-3-10(7)15-6-8(13)5-11(15)12(16)17/h2-6H,1H3,(H,16,17). The number of halogens is 2. The molecule has 1 heterocycles. The molecule has 0 radical (unpaired) electrons. The molecule has 0 spiro atoms. The molecular formula is C12H9BrFNO2. The van der Waals surface area contributed by atoms with Crippen LogP contribution < -0.4 is 0 Å². The van der Waals surface area contributed by atoms with Gasteiger partial charge in [-0.3, -0.25) is 0 Å². The fourth-order valence-electron chi connectivity index (χ4n) is 1.68. The summed E-state index contributed by atoms with van der Waals surface area (Å²) in [6.07, 6.45) is 1.64. The topological polar surface area (TPSA) is 42.2 Å². The van der Waals surface area contributed by atoms with Gasteiger partial charge in [-0.25, -0.2) is 9.18 Å². The Morgan fingerprint density at radius 1 is 1.41 bits per heavy atom. The van der Waals surface area contributed by atoms with Gasteiger partial charge >= 0.3 is 5.97 Å². The van der Waals surface area contributed by atoms with Crippen molar-refractivity contribution in [1.82, 2.24) is 4.57 Å². The summed E-state index contributed by atoms with van der Waals surface area (Å²) in [6, 6.07) is 5.74. The molecule has 1 aromatic carbocycles. The Hall–Kier alpha value is -1.62. The first-order valence-electron chi connectivity index (χ1n) is 4.87. The van der Waals surface area contributed by atoms with Crippen LogP contribution in [0, 0.1) is 12.7 Å². The molecule has 1 aromatic heterocycles. The lowest BCUT2D eigenvalue weighted by molar-refractivity contribution is 0.0688. The summed E-state index contributed by atoms with van der Waals surface area (Å²) in [5.74, 6) is -1.37. The first-order valence-corrected chi connectivity index (χ1v) is 5.66. The van der Waals surface area contributed by atoms with Gasteiger partial charge in [0.05, 0.1) is 0 Å². The van der Waals surface area contributed by atoms with Gasteiger partial charge in [-0.05, 0) is 52.7 Å². The van der Waals surface area contributed by atoms with E-state index >= 15 is 0 Å². The number of aryl methyl sites for hydroxylation is 1. The maximum absolute atomic E-state index is 13.0. The van der Waals surface area contributed by atoms with Crippen molar-refractivity contribution in [3.8, 4) is 5.69 Å². The molecule has 0 aliphatic heterocycles. The zero-order valence-electron chi connectivity index (χ0n) is 8.95. The molecule has 0 bridgehead atoms. The maximum atomic E-state index is 13.0. The third-order valence-corrected chi connectivity index (χ3v) is 2.86. The van der Waals surface area contributed by atoms with Crippen LogP contribution >= 0.6 is 15.9 Å². The molecule has 0 unspecified atom stereocenters. The van der Waals surface area contributed by atoms with Crippen molar-refractivity contribution in [1.29, 1.82) is 0 Å². The van der Waals surface area contributed by atoms with Crippen molar-refractivity contribution in [2.24, 2.45) is 0 Å². The van der Waals surface area contributed by atoms with Crippen LogP contribution in [0.25, 0.3) is 5.69 Å². The molecule has 3 nitrogen and oxygen atoms in total. The normalized spacial score (nSPS) is 10.5. The minimum Gasteiger partial charge on any atom is -0.477 e. The van der Waals surface area contributed by atoms with Gasteiger partial charge < -0.3 is 9.67 Å². The Morgan fingerprint density at radius 2 is 2.12 bits per heavy atom. The lowest BCUT2D eigenvalue weighted by atomic mass is 10.2. The van der Waals surface area contributed by atoms with E-state index in [1.54, 1.807) is 19.2 Å². The smallest absolute Gasteiger partial charge is 0.352 e. The summed E-state index contributed by atoms with van der Waals surface area (Å²) in [5.41, 5.74) is 1.46. The van der Waals surface area contributed by atoms with Gasteiger partial charge in [0.2, 0.25) is 0 Å². The van der Waals surface area contributed by atoms with E-state index in [2.05, 4.69) is 15.9 Å². The number of hydrogen-bond acceptors (Lipinski definition) is 1. The Balaban J connectivity index is 2.63. The number of carboxylic acid groups (broad SMARTS) is 1. The Bertz CT molecular complexity index is 592. The quantitative estimate of drug-likeness (QED) is 0.923. The summed E-state index contributed by atoms with van der Waals surface area (Å²) in [7, 11) is 0. The van der Waals surface area contributed by atoms with Gasteiger partial charge in [0, 0.05) is 16.4 Å². The monoisotopic (exact) mass is 297 g/mol. The van der Waals surface area contributed by atoms with E-state index in [4.69, 9.17) is 5.11 Å². The van der Waals surface area contributed by atoms with Crippen LogP contribution in [-0.4, -0.2) is 15.6 Å². The summed E-state index contributed by atoms with van der Waals surface area (Å²) < 4.78 is 15.2. The van der Waals surface area contributed by atoms with Crippen LogP contribution in [0.4, 0.5) is 4.39 Å². The van der Waals surface area contributed by atoms with Gasteiger partial charge in [-0.2, -0.15) is 0 Å². The molecular weight excluding hydrogens is 289 g/mol. The number of aromatic nitrogens is 1. The molecule has 0 saturated carbocycles. The van der Waals surface area contributed by atoms with Crippen molar-refractivity contribution < 1.29 is 14.3 Å². The molecule has 2 aromatic rings. The van der Waals surface area contributed by atoms with Gasteiger partial charge in [-0.1, -0.05) is 0 Å². The first-order chi connectivity index (χ1) is 7.99. The highest BCUT2D eigenvalue weighted by Gasteiger charge is 2.14. The molecule has 0 amide bonds. The van der Waals surface area contributed by atoms with Crippen molar-refractivity contribution in [2.45, 2.75) is 6.92 Å². The second-order valence-corrected chi connectivity index (χ2v) is 4.57. The van der Waals surface area contributed by atoms with Gasteiger partial charge in [0.15, 0.2) is 0 Å². The lowest BCUT2D eigenvalue weighted by Crippen LogP contribution is -2.06. The van der Waals surface area contributed by atoms with Crippen LogP contribution in [0.15, 0.2) is 34.9 Å². The highest BCUT2D eigenvalue weighted by molar-refractivity contribution is 9.10. The zero-order chi connectivity index (χ0) is 12.6. The van der Waals surface area contributed by atoms with E-state index in [1.165, 1.54) is 22.8 Å². The maximum Gasteiger partial charge on any atom is 0.352 e. The third kappa shape index (κ3) is 2.24.